The SMILES string of the molecule is CC(Oc1ccccc1F)C(=O)NNC(=O)CC12CC3CC(CC(Br)(C3)C1)C2. The van der Waals surface area contributed by atoms with Gasteiger partial charge in [0.1, 0.15) is 0 Å². The molecule has 3 unspecified atom stereocenters. The number of hydrazine groups is 1. The van der Waals surface area contributed by atoms with Crippen LogP contribution in [0, 0.1) is 23.1 Å². The van der Waals surface area contributed by atoms with Gasteiger partial charge in [0, 0.05) is 10.7 Å². The minimum Gasteiger partial charge on any atom is -0.478 e. The number of carbonyl (C=O) groups is 2. The van der Waals surface area contributed by atoms with Gasteiger partial charge in [0.05, 0.1) is 0 Å². The summed E-state index contributed by atoms with van der Waals surface area (Å²) >= 11 is 3.95. The first kappa shape index (κ1) is 19.7. The van der Waals surface area contributed by atoms with Crippen LogP contribution in [0.5, 0.6) is 5.75 Å². The first-order valence-electron chi connectivity index (χ1n) is 9.95. The monoisotopic (exact) mass is 452 g/mol. The first-order valence-corrected chi connectivity index (χ1v) is 10.7. The molecule has 0 heterocycles. The molecule has 4 bridgehead atoms. The van der Waals surface area contributed by atoms with Gasteiger partial charge in [-0.2, -0.15) is 0 Å². The fourth-order valence-electron chi connectivity index (χ4n) is 5.94. The molecule has 7 heteroatoms. The van der Waals surface area contributed by atoms with E-state index in [4.69, 9.17) is 4.74 Å². The Balaban J connectivity index is 1.29. The summed E-state index contributed by atoms with van der Waals surface area (Å²) in [6, 6.07) is 5.91. The minimum absolute atomic E-state index is 0.00709. The standard InChI is InChI=1S/C21H26BrFN2O3/c1-13(28-17-5-3-2-4-16(17)23)19(27)25-24-18(26)11-20-7-14-6-15(8-20)10-21(22,9-14)12-20/h2-5,13-15H,6-12H2,1H3,(H,24,26)(H,25,27). The highest BCUT2D eigenvalue weighted by atomic mass is 79.9. The average molecular weight is 453 g/mol. The van der Waals surface area contributed by atoms with Crippen LogP contribution in [0.15, 0.2) is 24.3 Å². The van der Waals surface area contributed by atoms with Crippen LogP contribution in [0.25, 0.3) is 0 Å². The molecule has 5 rings (SSSR count). The van der Waals surface area contributed by atoms with E-state index in [-0.39, 0.29) is 21.4 Å². The number of alkyl halides is 1. The Morgan fingerprint density at radius 1 is 1.21 bits per heavy atom. The maximum absolute atomic E-state index is 13.6. The summed E-state index contributed by atoms with van der Waals surface area (Å²) in [4.78, 5) is 24.7. The van der Waals surface area contributed by atoms with Crippen LogP contribution in [-0.4, -0.2) is 22.2 Å². The third kappa shape index (κ3) is 4.04. The molecule has 4 saturated carbocycles. The van der Waals surface area contributed by atoms with Gasteiger partial charge in [-0.3, -0.25) is 20.4 Å². The van der Waals surface area contributed by atoms with Crippen LogP contribution >= 0.6 is 15.9 Å². The molecule has 0 aromatic heterocycles. The number of nitrogens with one attached hydrogen (secondary N) is 2. The van der Waals surface area contributed by atoms with Crippen LogP contribution in [-0.2, 0) is 9.59 Å². The van der Waals surface area contributed by atoms with Crippen molar-refractivity contribution >= 4 is 27.7 Å². The molecule has 1 aromatic carbocycles. The number of hydrogen-bond donors (Lipinski definition) is 2. The maximum atomic E-state index is 13.6. The molecule has 2 amide bonds. The van der Waals surface area contributed by atoms with Gasteiger partial charge in [-0.05, 0) is 74.8 Å². The Morgan fingerprint density at radius 3 is 2.54 bits per heavy atom. The van der Waals surface area contributed by atoms with E-state index in [1.54, 1.807) is 12.1 Å². The van der Waals surface area contributed by atoms with E-state index < -0.39 is 17.8 Å². The summed E-state index contributed by atoms with van der Waals surface area (Å²) in [5.74, 6) is 0.197. The predicted octanol–water partition coefficient (Wildman–Crippen LogP) is 3.86. The lowest BCUT2D eigenvalue weighted by Crippen LogP contribution is -2.55. The Labute approximate surface area is 172 Å². The molecule has 2 N–H and O–H groups in total. The van der Waals surface area contributed by atoms with E-state index in [1.807, 2.05) is 0 Å². The Morgan fingerprint density at radius 2 is 1.89 bits per heavy atom. The molecular weight excluding hydrogens is 427 g/mol. The van der Waals surface area contributed by atoms with Gasteiger partial charge in [0.2, 0.25) is 5.91 Å². The molecule has 152 valence electrons. The third-order valence-electron chi connectivity index (χ3n) is 6.48. The highest BCUT2D eigenvalue weighted by Crippen LogP contribution is 2.65. The second kappa shape index (κ2) is 7.32. The van der Waals surface area contributed by atoms with Gasteiger partial charge in [-0.25, -0.2) is 4.39 Å². The molecule has 3 atom stereocenters. The number of rotatable bonds is 5. The number of halogens is 2. The molecule has 4 aliphatic carbocycles. The summed E-state index contributed by atoms with van der Waals surface area (Å²) in [6.07, 6.45) is 6.46. The molecule has 0 aliphatic heterocycles. The zero-order valence-electron chi connectivity index (χ0n) is 16.0. The molecule has 0 spiro atoms. The summed E-state index contributed by atoms with van der Waals surface area (Å²) in [6.45, 7) is 1.52. The number of benzene rings is 1. The predicted molar refractivity (Wildman–Crippen MR) is 106 cm³/mol. The lowest BCUT2D eigenvalue weighted by molar-refractivity contribution is -0.135. The van der Waals surface area contributed by atoms with Crippen molar-refractivity contribution < 1.29 is 18.7 Å². The van der Waals surface area contributed by atoms with Crippen molar-refractivity contribution in [3.8, 4) is 5.75 Å². The number of carbonyl (C=O) groups excluding carboxylic acids is 2. The first-order chi connectivity index (χ1) is 13.3. The van der Waals surface area contributed by atoms with Crippen molar-refractivity contribution in [1.29, 1.82) is 0 Å². The fourth-order valence-corrected chi connectivity index (χ4v) is 7.46. The highest BCUT2D eigenvalue weighted by molar-refractivity contribution is 9.10. The van der Waals surface area contributed by atoms with E-state index in [1.165, 1.54) is 38.3 Å². The molecule has 4 aliphatic rings. The number of hydrogen-bond acceptors (Lipinski definition) is 3. The van der Waals surface area contributed by atoms with Crippen molar-refractivity contribution in [3.63, 3.8) is 0 Å². The molecule has 28 heavy (non-hydrogen) atoms. The van der Waals surface area contributed by atoms with Crippen molar-refractivity contribution in [1.82, 2.24) is 10.9 Å². The smallest absolute Gasteiger partial charge is 0.279 e. The van der Waals surface area contributed by atoms with Crippen LogP contribution in [0.1, 0.15) is 51.9 Å². The lowest BCUT2D eigenvalue weighted by Gasteiger charge is -2.60. The number of ether oxygens (including phenoxy) is 1. The van der Waals surface area contributed by atoms with Crippen molar-refractivity contribution in [2.45, 2.75) is 62.3 Å². The van der Waals surface area contributed by atoms with Gasteiger partial charge < -0.3 is 4.74 Å². The van der Waals surface area contributed by atoms with Crippen molar-refractivity contribution in [2.75, 3.05) is 0 Å². The topological polar surface area (TPSA) is 67.4 Å². The molecule has 0 saturated heterocycles. The summed E-state index contributed by atoms with van der Waals surface area (Å²) < 4.78 is 19.2. The zero-order chi connectivity index (χ0) is 19.9. The molecule has 0 radical (unpaired) electrons. The van der Waals surface area contributed by atoms with E-state index in [2.05, 4.69) is 26.8 Å². The quantitative estimate of drug-likeness (QED) is 0.526. The lowest BCUT2D eigenvalue weighted by atomic mass is 9.48. The van der Waals surface area contributed by atoms with Gasteiger partial charge in [-0.15, -0.1) is 0 Å². The Hall–Kier alpha value is -1.63. The Kier molecular flexibility index (Phi) is 5.14. The van der Waals surface area contributed by atoms with E-state index >= 15 is 0 Å². The van der Waals surface area contributed by atoms with Gasteiger partial charge >= 0.3 is 0 Å². The minimum atomic E-state index is -0.928. The van der Waals surface area contributed by atoms with Gasteiger partial charge in [0.25, 0.3) is 5.91 Å². The molecular formula is C21H26BrFN2O3. The zero-order valence-corrected chi connectivity index (χ0v) is 17.6. The van der Waals surface area contributed by atoms with Crippen LogP contribution in [0.2, 0.25) is 0 Å². The molecule has 4 fully saturated rings. The molecule has 5 nitrogen and oxygen atoms in total. The van der Waals surface area contributed by atoms with Gasteiger partial charge in [0.15, 0.2) is 17.7 Å². The van der Waals surface area contributed by atoms with E-state index in [0.29, 0.717) is 18.3 Å². The molecule has 1 aromatic rings. The number of para-hydroxylation sites is 1. The number of amides is 2. The normalized spacial score (nSPS) is 34.0. The van der Waals surface area contributed by atoms with E-state index in [0.717, 1.165) is 19.3 Å². The summed E-state index contributed by atoms with van der Waals surface area (Å²) in [5.41, 5.74) is 4.98. The summed E-state index contributed by atoms with van der Waals surface area (Å²) in [7, 11) is 0. The van der Waals surface area contributed by atoms with Crippen molar-refractivity contribution in [2.24, 2.45) is 17.3 Å². The maximum Gasteiger partial charge on any atom is 0.279 e. The second-order valence-corrected chi connectivity index (χ2v) is 10.7. The summed E-state index contributed by atoms with van der Waals surface area (Å²) in [5, 5.41) is 0. The van der Waals surface area contributed by atoms with Crippen LogP contribution in [0.3, 0.4) is 0 Å². The van der Waals surface area contributed by atoms with Gasteiger partial charge in [-0.1, -0.05) is 28.1 Å². The van der Waals surface area contributed by atoms with Crippen molar-refractivity contribution in [3.05, 3.63) is 30.1 Å². The average Bonchev–Trinajstić information content (AvgIpc) is 2.59. The third-order valence-corrected chi connectivity index (χ3v) is 7.41. The second-order valence-electron chi connectivity index (χ2n) is 9.02. The van der Waals surface area contributed by atoms with Crippen LogP contribution < -0.4 is 15.6 Å². The Bertz CT molecular complexity index is 773. The fraction of sp³-hybridized carbons (Fsp3) is 0.619. The highest BCUT2D eigenvalue weighted by Gasteiger charge is 2.57. The largest absolute Gasteiger partial charge is 0.478 e. The van der Waals surface area contributed by atoms with E-state index in [9.17, 15) is 14.0 Å². The van der Waals surface area contributed by atoms with Crippen LogP contribution in [0.4, 0.5) is 4.39 Å².